The summed E-state index contributed by atoms with van der Waals surface area (Å²) in [6.45, 7) is 5.35. The Morgan fingerprint density at radius 3 is 2.92 bits per heavy atom. The molecule has 5 nitrogen and oxygen atoms in total. The lowest BCUT2D eigenvalue weighted by atomic mass is 9.95. The molecule has 0 aromatic heterocycles. The minimum Gasteiger partial charge on any atom is -0.508 e. The van der Waals surface area contributed by atoms with Crippen LogP contribution in [0, 0.1) is 0 Å². The first-order valence-corrected chi connectivity index (χ1v) is 10.2. The molecule has 0 spiro atoms. The van der Waals surface area contributed by atoms with Crippen LogP contribution in [-0.2, 0) is 17.3 Å². The molecule has 0 bridgehead atoms. The van der Waals surface area contributed by atoms with Crippen LogP contribution in [0.2, 0.25) is 0 Å². The first kappa shape index (κ1) is 18.8. The third-order valence-corrected chi connectivity index (χ3v) is 6.04. The fourth-order valence-electron chi connectivity index (χ4n) is 3.09. The molecular formula is C18H29N3O2S. The van der Waals surface area contributed by atoms with E-state index in [1.165, 1.54) is 0 Å². The third kappa shape index (κ3) is 5.82. The van der Waals surface area contributed by atoms with Gasteiger partial charge in [-0.25, -0.2) is 4.99 Å². The highest BCUT2D eigenvalue weighted by atomic mass is 32.2. The van der Waals surface area contributed by atoms with Crippen LogP contribution >= 0.6 is 0 Å². The van der Waals surface area contributed by atoms with Gasteiger partial charge in [-0.2, -0.15) is 0 Å². The Labute approximate surface area is 147 Å². The Hall–Kier alpha value is -1.56. The SMILES string of the molecule is CCNC(=NCc1cccc(O)c1)NC1CCCC(S(=O)CC)C1. The molecule has 6 heteroatoms. The van der Waals surface area contributed by atoms with Crippen LogP contribution in [0.25, 0.3) is 0 Å². The lowest BCUT2D eigenvalue weighted by Crippen LogP contribution is -2.46. The van der Waals surface area contributed by atoms with Gasteiger partial charge in [0.25, 0.3) is 0 Å². The van der Waals surface area contributed by atoms with Gasteiger partial charge < -0.3 is 15.7 Å². The quantitative estimate of drug-likeness (QED) is 0.544. The molecule has 0 heterocycles. The van der Waals surface area contributed by atoms with E-state index >= 15 is 0 Å². The van der Waals surface area contributed by atoms with E-state index in [9.17, 15) is 9.32 Å². The van der Waals surface area contributed by atoms with Gasteiger partial charge in [0.2, 0.25) is 0 Å². The van der Waals surface area contributed by atoms with Gasteiger partial charge in [0.1, 0.15) is 5.75 Å². The van der Waals surface area contributed by atoms with Crippen molar-refractivity contribution in [1.29, 1.82) is 0 Å². The largest absolute Gasteiger partial charge is 0.508 e. The average Bonchev–Trinajstić information content (AvgIpc) is 2.59. The zero-order chi connectivity index (χ0) is 17.4. The Morgan fingerprint density at radius 2 is 2.21 bits per heavy atom. The molecule has 1 saturated carbocycles. The Kier molecular flexibility index (Phi) is 7.56. The van der Waals surface area contributed by atoms with Gasteiger partial charge in [0.15, 0.2) is 5.96 Å². The average molecular weight is 352 g/mol. The van der Waals surface area contributed by atoms with Gasteiger partial charge in [-0.1, -0.05) is 25.5 Å². The van der Waals surface area contributed by atoms with Crippen LogP contribution < -0.4 is 10.6 Å². The number of nitrogens with one attached hydrogen (secondary N) is 2. The number of aliphatic imine (C=N–C) groups is 1. The third-order valence-electron chi connectivity index (χ3n) is 4.30. The number of guanidine groups is 1. The van der Waals surface area contributed by atoms with Crippen LogP contribution in [-0.4, -0.2) is 38.9 Å². The lowest BCUT2D eigenvalue weighted by molar-refractivity contribution is 0.413. The Bertz CT molecular complexity index is 577. The summed E-state index contributed by atoms with van der Waals surface area (Å²) in [5, 5.41) is 16.6. The second-order valence-corrected chi connectivity index (χ2v) is 8.17. The van der Waals surface area contributed by atoms with E-state index in [2.05, 4.69) is 15.6 Å². The topological polar surface area (TPSA) is 73.7 Å². The molecule has 24 heavy (non-hydrogen) atoms. The van der Waals surface area contributed by atoms with Crippen molar-refractivity contribution in [2.75, 3.05) is 12.3 Å². The van der Waals surface area contributed by atoms with Crippen LogP contribution in [0.5, 0.6) is 5.75 Å². The maximum Gasteiger partial charge on any atom is 0.191 e. The van der Waals surface area contributed by atoms with Gasteiger partial charge in [0, 0.05) is 34.4 Å². The van der Waals surface area contributed by atoms with E-state index in [0.717, 1.165) is 49.5 Å². The molecule has 3 N–H and O–H groups in total. The van der Waals surface area contributed by atoms with E-state index in [1.54, 1.807) is 12.1 Å². The second-order valence-electron chi connectivity index (χ2n) is 6.16. The summed E-state index contributed by atoms with van der Waals surface area (Å²) >= 11 is 0. The summed E-state index contributed by atoms with van der Waals surface area (Å²) in [6.07, 6.45) is 4.21. The smallest absolute Gasteiger partial charge is 0.191 e. The number of phenols is 1. The van der Waals surface area contributed by atoms with Gasteiger partial charge in [-0.3, -0.25) is 4.21 Å². The first-order chi connectivity index (χ1) is 11.6. The minimum absolute atomic E-state index is 0.262. The molecule has 3 atom stereocenters. The van der Waals surface area contributed by atoms with Crippen molar-refractivity contribution < 1.29 is 9.32 Å². The number of hydrogen-bond acceptors (Lipinski definition) is 3. The Morgan fingerprint density at radius 1 is 1.38 bits per heavy atom. The van der Waals surface area contributed by atoms with E-state index in [1.807, 2.05) is 26.0 Å². The maximum atomic E-state index is 12.1. The number of hydrogen-bond donors (Lipinski definition) is 3. The molecule has 134 valence electrons. The van der Waals surface area contributed by atoms with Gasteiger partial charge >= 0.3 is 0 Å². The zero-order valence-electron chi connectivity index (χ0n) is 14.6. The number of nitrogens with zero attached hydrogens (tertiary/aromatic N) is 1. The molecule has 0 amide bonds. The van der Waals surface area contributed by atoms with Crippen molar-refractivity contribution in [3.05, 3.63) is 29.8 Å². The molecule has 1 aromatic carbocycles. The van der Waals surface area contributed by atoms with Gasteiger partial charge in [-0.05, 0) is 43.9 Å². The summed E-state index contributed by atoms with van der Waals surface area (Å²) in [5.74, 6) is 1.79. The molecule has 0 saturated heterocycles. The minimum atomic E-state index is -0.717. The summed E-state index contributed by atoms with van der Waals surface area (Å²) in [4.78, 5) is 4.62. The normalized spacial score (nSPS) is 22.8. The van der Waals surface area contributed by atoms with Gasteiger partial charge in [-0.15, -0.1) is 0 Å². The molecule has 3 unspecified atom stereocenters. The number of aromatic hydroxyl groups is 1. The highest BCUT2D eigenvalue weighted by molar-refractivity contribution is 7.85. The van der Waals surface area contributed by atoms with Gasteiger partial charge in [0.05, 0.1) is 6.54 Å². The van der Waals surface area contributed by atoms with E-state index in [0.29, 0.717) is 17.8 Å². The second kappa shape index (κ2) is 9.67. The van der Waals surface area contributed by atoms with Crippen molar-refractivity contribution in [2.24, 2.45) is 4.99 Å². The van der Waals surface area contributed by atoms with E-state index < -0.39 is 10.8 Å². The summed E-state index contributed by atoms with van der Waals surface area (Å²) in [6, 6.07) is 7.49. The lowest BCUT2D eigenvalue weighted by Gasteiger charge is -2.30. The molecule has 1 aliphatic rings. The first-order valence-electron chi connectivity index (χ1n) is 8.82. The number of benzene rings is 1. The molecule has 0 radical (unpaired) electrons. The monoisotopic (exact) mass is 351 g/mol. The van der Waals surface area contributed by atoms with Crippen molar-refractivity contribution in [3.8, 4) is 5.75 Å². The Balaban J connectivity index is 1.97. The van der Waals surface area contributed by atoms with Crippen molar-refractivity contribution in [3.63, 3.8) is 0 Å². The predicted molar refractivity (Wildman–Crippen MR) is 101 cm³/mol. The molecule has 1 aromatic rings. The fourth-order valence-corrected chi connectivity index (χ4v) is 4.44. The molecule has 1 fully saturated rings. The molecular weight excluding hydrogens is 322 g/mol. The van der Waals surface area contributed by atoms with E-state index in [-0.39, 0.29) is 5.75 Å². The van der Waals surface area contributed by atoms with Crippen LogP contribution in [0.4, 0.5) is 0 Å². The predicted octanol–water partition coefficient (Wildman–Crippen LogP) is 2.53. The van der Waals surface area contributed by atoms with Crippen LogP contribution in [0.3, 0.4) is 0 Å². The van der Waals surface area contributed by atoms with Crippen LogP contribution in [0.1, 0.15) is 45.1 Å². The van der Waals surface area contributed by atoms with Crippen molar-refractivity contribution >= 4 is 16.8 Å². The van der Waals surface area contributed by atoms with E-state index in [4.69, 9.17) is 0 Å². The zero-order valence-corrected chi connectivity index (χ0v) is 15.4. The fraction of sp³-hybridized carbons (Fsp3) is 0.611. The summed E-state index contributed by atoms with van der Waals surface area (Å²) in [5.41, 5.74) is 0.973. The molecule has 0 aliphatic heterocycles. The van der Waals surface area contributed by atoms with Crippen molar-refractivity contribution in [1.82, 2.24) is 10.6 Å². The highest BCUT2D eigenvalue weighted by Crippen LogP contribution is 2.23. The standard InChI is InChI=1S/C18H29N3O2S/c1-3-19-18(20-13-14-7-5-9-16(22)11-14)21-15-8-6-10-17(12-15)24(23)4-2/h5,7,9,11,15,17,22H,3-4,6,8,10,12-13H2,1-2H3,(H2,19,20,21). The van der Waals surface area contributed by atoms with Crippen molar-refractivity contribution in [2.45, 2.75) is 57.4 Å². The molecule has 1 aliphatic carbocycles. The summed E-state index contributed by atoms with van der Waals surface area (Å²) < 4.78 is 12.1. The number of rotatable bonds is 6. The molecule has 2 rings (SSSR count). The highest BCUT2D eigenvalue weighted by Gasteiger charge is 2.25. The number of phenolic OH excluding ortho intramolecular Hbond substituents is 1. The summed E-state index contributed by atoms with van der Waals surface area (Å²) in [7, 11) is -0.717. The maximum absolute atomic E-state index is 12.1. The van der Waals surface area contributed by atoms with Crippen LogP contribution in [0.15, 0.2) is 29.3 Å².